The first kappa shape index (κ1) is 29.4. The number of ether oxygens (including phenoxy) is 1. The van der Waals surface area contributed by atoms with Crippen molar-refractivity contribution in [1.29, 1.82) is 0 Å². The molecule has 5 N–H and O–H groups in total. The Hall–Kier alpha value is -3.63. The number of amides is 2. The van der Waals surface area contributed by atoms with Crippen LogP contribution >= 0.6 is 0 Å². The summed E-state index contributed by atoms with van der Waals surface area (Å²) in [6.45, 7) is 5.79. The summed E-state index contributed by atoms with van der Waals surface area (Å²) in [6.07, 6.45) is 0.460. The van der Waals surface area contributed by atoms with E-state index in [1.54, 1.807) is 13.8 Å². The topological polar surface area (TPSA) is 179 Å². The molecule has 0 aliphatic heterocycles. The lowest BCUT2D eigenvalue weighted by Crippen LogP contribution is -2.49. The summed E-state index contributed by atoms with van der Waals surface area (Å²) in [4.78, 5) is 58.4. The highest BCUT2D eigenvalue weighted by Gasteiger charge is 2.29. The molecule has 1 aromatic carbocycles. The lowest BCUT2D eigenvalue weighted by molar-refractivity contribution is -0.159. The van der Waals surface area contributed by atoms with E-state index < -0.39 is 41.4 Å². The molecule has 0 saturated heterocycles. The van der Waals surface area contributed by atoms with E-state index >= 15 is 0 Å². The first-order valence-corrected chi connectivity index (χ1v) is 11.3. The lowest BCUT2D eigenvalue weighted by atomic mass is 9.85. The van der Waals surface area contributed by atoms with Gasteiger partial charge in [0, 0.05) is 19.4 Å². The maximum absolute atomic E-state index is 12.8. The van der Waals surface area contributed by atoms with Crippen molar-refractivity contribution in [3.05, 3.63) is 29.8 Å². The molecule has 0 radical (unpaired) electrons. The van der Waals surface area contributed by atoms with Crippen LogP contribution in [0, 0.1) is 5.41 Å². The molecule has 0 aliphatic carbocycles. The average Bonchev–Trinajstić information content (AvgIpc) is 2.73. The van der Waals surface area contributed by atoms with Crippen molar-refractivity contribution in [3.8, 4) is 5.75 Å². The van der Waals surface area contributed by atoms with Gasteiger partial charge in [-0.15, -0.1) is 0 Å². The fourth-order valence-electron chi connectivity index (χ4n) is 3.35. The summed E-state index contributed by atoms with van der Waals surface area (Å²) >= 11 is 0. The fourth-order valence-corrected chi connectivity index (χ4v) is 3.35. The van der Waals surface area contributed by atoms with Crippen LogP contribution in [0.4, 0.5) is 0 Å². The molecular weight excluding hydrogens is 460 g/mol. The number of carbonyl (C=O) groups is 5. The van der Waals surface area contributed by atoms with Crippen LogP contribution in [0.25, 0.3) is 0 Å². The summed E-state index contributed by atoms with van der Waals surface area (Å²) in [7, 11) is 0. The van der Waals surface area contributed by atoms with E-state index in [-0.39, 0.29) is 30.9 Å². The quantitative estimate of drug-likeness (QED) is 0.169. The SMILES string of the molecule is CCCCCNC(=O)C(Cc1ccc(OC(C(=O)O)C(=O)O)cc1)NC(=O)CC(C)(C)CC(=O)O. The summed E-state index contributed by atoms with van der Waals surface area (Å²) in [6, 6.07) is 4.90. The second kappa shape index (κ2) is 13.9. The summed E-state index contributed by atoms with van der Waals surface area (Å²) in [5.74, 6) is -5.14. The minimum atomic E-state index is -2.06. The van der Waals surface area contributed by atoms with E-state index in [0.717, 1.165) is 19.3 Å². The molecular formula is C24H34N2O9. The van der Waals surface area contributed by atoms with Crippen LogP contribution in [0.15, 0.2) is 24.3 Å². The molecule has 194 valence electrons. The van der Waals surface area contributed by atoms with E-state index in [1.807, 2.05) is 6.92 Å². The second-order valence-corrected chi connectivity index (χ2v) is 9.05. The van der Waals surface area contributed by atoms with Crippen molar-refractivity contribution < 1.29 is 44.0 Å². The monoisotopic (exact) mass is 494 g/mol. The Kier molecular flexibility index (Phi) is 11.7. The van der Waals surface area contributed by atoms with Gasteiger partial charge in [-0.3, -0.25) is 14.4 Å². The Morgan fingerprint density at radius 3 is 2.06 bits per heavy atom. The number of rotatable bonds is 16. The first-order valence-electron chi connectivity index (χ1n) is 11.3. The van der Waals surface area contributed by atoms with Crippen LogP contribution in [0.2, 0.25) is 0 Å². The zero-order valence-corrected chi connectivity index (χ0v) is 20.2. The largest absolute Gasteiger partial charge is 0.481 e. The van der Waals surface area contributed by atoms with Gasteiger partial charge in [0.15, 0.2) is 0 Å². The predicted molar refractivity (Wildman–Crippen MR) is 125 cm³/mol. The number of unbranched alkanes of at least 4 members (excludes halogenated alkanes) is 2. The summed E-state index contributed by atoms with van der Waals surface area (Å²) in [5.41, 5.74) is -0.194. The summed E-state index contributed by atoms with van der Waals surface area (Å²) in [5, 5.41) is 32.4. The number of carboxylic acid groups (broad SMARTS) is 3. The van der Waals surface area contributed by atoms with Gasteiger partial charge >= 0.3 is 17.9 Å². The van der Waals surface area contributed by atoms with Gasteiger partial charge in [-0.25, -0.2) is 9.59 Å². The maximum Gasteiger partial charge on any atom is 0.356 e. The Bertz CT molecular complexity index is 883. The van der Waals surface area contributed by atoms with Crippen molar-refractivity contribution in [3.63, 3.8) is 0 Å². The highest BCUT2D eigenvalue weighted by atomic mass is 16.5. The van der Waals surface area contributed by atoms with Crippen molar-refractivity contribution in [2.45, 2.75) is 71.4 Å². The van der Waals surface area contributed by atoms with Gasteiger partial charge in [-0.2, -0.15) is 0 Å². The standard InChI is InChI=1S/C24H34N2O9/c1-4-5-6-11-25-21(30)17(26-18(27)13-24(2,3)14-19(28)29)12-15-7-9-16(10-8-15)35-20(22(31)32)23(33)34/h7-10,17,20H,4-6,11-14H2,1-3H3,(H,25,30)(H,26,27)(H,28,29)(H,31,32)(H,33,34). The smallest absolute Gasteiger partial charge is 0.356 e. The van der Waals surface area contributed by atoms with Crippen LogP contribution < -0.4 is 15.4 Å². The predicted octanol–water partition coefficient (Wildman–Crippen LogP) is 1.83. The molecule has 1 rings (SSSR count). The van der Waals surface area contributed by atoms with Gasteiger partial charge in [0.05, 0.1) is 6.42 Å². The van der Waals surface area contributed by atoms with E-state index in [9.17, 15) is 24.0 Å². The van der Waals surface area contributed by atoms with Gasteiger partial charge in [-0.05, 0) is 29.5 Å². The van der Waals surface area contributed by atoms with Gasteiger partial charge in [0.2, 0.25) is 11.8 Å². The molecule has 11 nitrogen and oxygen atoms in total. The molecule has 0 fully saturated rings. The van der Waals surface area contributed by atoms with E-state index in [0.29, 0.717) is 12.1 Å². The van der Waals surface area contributed by atoms with Crippen molar-refractivity contribution >= 4 is 29.7 Å². The second-order valence-electron chi connectivity index (χ2n) is 9.05. The minimum absolute atomic E-state index is 0.0172. The highest BCUT2D eigenvalue weighted by molar-refractivity contribution is 5.96. The number of hydrogen-bond donors (Lipinski definition) is 5. The molecule has 11 heteroatoms. The van der Waals surface area contributed by atoms with E-state index in [1.165, 1.54) is 24.3 Å². The highest BCUT2D eigenvalue weighted by Crippen LogP contribution is 2.25. The molecule has 1 unspecified atom stereocenters. The number of nitrogens with one attached hydrogen (secondary N) is 2. The van der Waals surface area contributed by atoms with Gasteiger partial charge in [-0.1, -0.05) is 45.7 Å². The van der Waals surface area contributed by atoms with Crippen LogP contribution in [-0.4, -0.2) is 63.7 Å². The Balaban J connectivity index is 2.93. The zero-order valence-electron chi connectivity index (χ0n) is 20.2. The minimum Gasteiger partial charge on any atom is -0.481 e. The molecule has 2 amide bonds. The molecule has 0 aromatic heterocycles. The van der Waals surface area contributed by atoms with Crippen molar-refractivity contribution in [1.82, 2.24) is 10.6 Å². The molecule has 0 aliphatic rings. The van der Waals surface area contributed by atoms with Gasteiger partial charge in [0.1, 0.15) is 11.8 Å². The van der Waals surface area contributed by atoms with Crippen LogP contribution in [-0.2, 0) is 30.4 Å². The Morgan fingerprint density at radius 2 is 1.54 bits per heavy atom. The Labute approximate surface area is 203 Å². The maximum atomic E-state index is 12.8. The third-order valence-corrected chi connectivity index (χ3v) is 5.07. The summed E-state index contributed by atoms with van der Waals surface area (Å²) < 4.78 is 4.98. The molecule has 0 spiro atoms. The zero-order chi connectivity index (χ0) is 26.6. The van der Waals surface area contributed by atoms with Gasteiger partial charge < -0.3 is 30.7 Å². The van der Waals surface area contributed by atoms with Gasteiger partial charge in [0.25, 0.3) is 6.10 Å². The molecule has 1 aromatic rings. The van der Waals surface area contributed by atoms with Crippen LogP contribution in [0.3, 0.4) is 0 Å². The molecule has 0 saturated carbocycles. The third-order valence-electron chi connectivity index (χ3n) is 5.07. The number of hydrogen-bond acceptors (Lipinski definition) is 6. The van der Waals surface area contributed by atoms with Crippen molar-refractivity contribution in [2.75, 3.05) is 6.54 Å². The van der Waals surface area contributed by atoms with Crippen LogP contribution in [0.1, 0.15) is 58.4 Å². The van der Waals surface area contributed by atoms with E-state index in [2.05, 4.69) is 10.6 Å². The third kappa shape index (κ3) is 11.4. The number of aliphatic carboxylic acids is 3. The van der Waals surface area contributed by atoms with Crippen molar-refractivity contribution in [2.24, 2.45) is 5.41 Å². The van der Waals surface area contributed by atoms with Crippen LogP contribution in [0.5, 0.6) is 5.75 Å². The molecule has 1 atom stereocenters. The molecule has 0 heterocycles. The van der Waals surface area contributed by atoms with E-state index in [4.69, 9.17) is 20.1 Å². The first-order chi connectivity index (χ1) is 16.3. The lowest BCUT2D eigenvalue weighted by Gasteiger charge is -2.24. The number of carbonyl (C=O) groups excluding carboxylic acids is 2. The number of benzene rings is 1. The fraction of sp³-hybridized carbons (Fsp3) is 0.542. The average molecular weight is 495 g/mol. The molecule has 35 heavy (non-hydrogen) atoms. The normalized spacial score (nSPS) is 12.0. The Morgan fingerprint density at radius 1 is 0.943 bits per heavy atom. The number of carboxylic acids is 3. The molecule has 0 bridgehead atoms.